The van der Waals surface area contributed by atoms with Gasteiger partial charge >= 0.3 is 6.18 Å². The Balaban J connectivity index is 1.45. The van der Waals surface area contributed by atoms with E-state index in [2.05, 4.69) is 36.4 Å². The fourth-order valence-corrected chi connectivity index (χ4v) is 3.94. The molecule has 0 aliphatic heterocycles. The van der Waals surface area contributed by atoms with Crippen molar-refractivity contribution < 1.29 is 22.4 Å². The second kappa shape index (κ2) is 9.19. The van der Waals surface area contributed by atoms with Gasteiger partial charge in [-0.15, -0.1) is 0 Å². The molecule has 0 spiro atoms. The second-order valence-corrected chi connectivity index (χ2v) is 8.76. The number of hydrogen-bond acceptors (Lipinski definition) is 4. The zero-order chi connectivity index (χ0) is 25.4. The van der Waals surface area contributed by atoms with E-state index in [0.717, 1.165) is 28.2 Å². The van der Waals surface area contributed by atoms with Gasteiger partial charge in [0.1, 0.15) is 5.82 Å². The third-order valence-corrected chi connectivity index (χ3v) is 5.63. The lowest BCUT2D eigenvalue weighted by molar-refractivity contribution is -0.142. The van der Waals surface area contributed by atoms with E-state index in [1.54, 1.807) is 35.3 Å². The van der Waals surface area contributed by atoms with Crippen molar-refractivity contribution in [2.75, 3.05) is 5.32 Å². The van der Waals surface area contributed by atoms with Gasteiger partial charge in [0.2, 0.25) is 0 Å². The molecule has 12 heteroatoms. The van der Waals surface area contributed by atoms with Crippen LogP contribution in [0.1, 0.15) is 21.7 Å². The maximum Gasteiger partial charge on any atom is 0.433 e. The van der Waals surface area contributed by atoms with Gasteiger partial charge in [-0.05, 0) is 64.0 Å². The molecule has 0 fully saturated rings. The highest BCUT2D eigenvalue weighted by atomic mass is 79.9. The molecule has 7 nitrogen and oxygen atoms in total. The minimum Gasteiger partial charge on any atom is -0.321 e. The number of carbonyl (C=O) groups excluding carboxylic acids is 1. The van der Waals surface area contributed by atoms with E-state index in [0.29, 0.717) is 16.7 Å². The summed E-state index contributed by atoms with van der Waals surface area (Å²) in [5.41, 5.74) is 0.0219. The number of rotatable bonds is 5. The summed E-state index contributed by atoms with van der Waals surface area (Å²) in [6.07, 6.45) is -1.32. The van der Waals surface area contributed by atoms with Crippen LogP contribution in [0.5, 0.6) is 0 Å². The van der Waals surface area contributed by atoms with Crippen LogP contribution >= 0.6 is 15.9 Å². The molecular formula is C24H15BrF4N6O. The first-order valence-electron chi connectivity index (χ1n) is 10.5. The van der Waals surface area contributed by atoms with E-state index < -0.39 is 23.6 Å². The highest BCUT2D eigenvalue weighted by molar-refractivity contribution is 9.10. The van der Waals surface area contributed by atoms with E-state index in [1.165, 1.54) is 18.2 Å². The van der Waals surface area contributed by atoms with Crippen molar-refractivity contribution >= 4 is 33.2 Å². The van der Waals surface area contributed by atoms with Crippen LogP contribution in [0, 0.1) is 5.82 Å². The van der Waals surface area contributed by atoms with Gasteiger partial charge in [-0.25, -0.2) is 13.9 Å². The predicted octanol–water partition coefficient (Wildman–Crippen LogP) is 5.81. The normalized spacial score (nSPS) is 11.7. The number of anilines is 1. The van der Waals surface area contributed by atoms with Crippen LogP contribution in [0.25, 0.3) is 16.9 Å². The Morgan fingerprint density at radius 3 is 2.53 bits per heavy atom. The summed E-state index contributed by atoms with van der Waals surface area (Å²) in [4.78, 5) is 17.1. The topological polar surface area (TPSA) is 77.1 Å². The first-order chi connectivity index (χ1) is 17.2. The summed E-state index contributed by atoms with van der Waals surface area (Å²) in [5, 5.41) is 10.7. The van der Waals surface area contributed by atoms with Gasteiger partial charge in [-0.1, -0.05) is 12.1 Å². The number of fused-ring (bicyclic) bond motifs is 1. The Kier molecular flexibility index (Phi) is 6.04. The maximum atomic E-state index is 13.8. The first kappa shape index (κ1) is 23.7. The van der Waals surface area contributed by atoms with Crippen LogP contribution in [0.3, 0.4) is 0 Å². The van der Waals surface area contributed by atoms with Crippen LogP contribution in [0.2, 0.25) is 0 Å². The Morgan fingerprint density at radius 2 is 1.83 bits per heavy atom. The van der Waals surface area contributed by atoms with Crippen molar-refractivity contribution in [2.45, 2.75) is 12.7 Å². The largest absolute Gasteiger partial charge is 0.433 e. The van der Waals surface area contributed by atoms with Crippen molar-refractivity contribution in [3.05, 3.63) is 100 Å². The number of benzene rings is 2. The number of nitrogens with one attached hydrogen (secondary N) is 1. The zero-order valence-corrected chi connectivity index (χ0v) is 19.8. The molecule has 0 atom stereocenters. The summed E-state index contributed by atoms with van der Waals surface area (Å²) in [5.74, 6) is -1.23. The van der Waals surface area contributed by atoms with Crippen LogP contribution in [-0.4, -0.2) is 30.3 Å². The number of alkyl halides is 3. The summed E-state index contributed by atoms with van der Waals surface area (Å²) >= 11 is 3.33. The molecule has 0 unspecified atom stereocenters. The van der Waals surface area contributed by atoms with E-state index >= 15 is 0 Å². The van der Waals surface area contributed by atoms with Crippen molar-refractivity contribution in [3.63, 3.8) is 0 Å². The van der Waals surface area contributed by atoms with Crippen LogP contribution in [0.15, 0.2) is 77.5 Å². The first-order valence-corrected chi connectivity index (χ1v) is 11.3. The fourth-order valence-electron chi connectivity index (χ4n) is 3.61. The minimum atomic E-state index is -4.77. The van der Waals surface area contributed by atoms with Crippen molar-refractivity contribution in [1.29, 1.82) is 0 Å². The van der Waals surface area contributed by atoms with Gasteiger partial charge in [0, 0.05) is 23.5 Å². The number of amides is 1. The standard InChI is InChI=1S/C24H15BrF4N6O/c25-16-11-30-34(13-16)12-14-2-1-3-18(8-14)31-23(36)20-10-22-32-19(15-4-6-17(26)7-5-15)9-21(24(27,28)29)35(22)33-20/h1-11,13H,12H2,(H,31,36). The second-order valence-electron chi connectivity index (χ2n) is 7.84. The quantitative estimate of drug-likeness (QED) is 0.276. The molecule has 0 saturated heterocycles. The van der Waals surface area contributed by atoms with E-state index in [-0.39, 0.29) is 22.6 Å². The molecule has 5 aromatic rings. The molecule has 3 heterocycles. The molecule has 36 heavy (non-hydrogen) atoms. The Bertz CT molecular complexity index is 1580. The fraction of sp³-hybridized carbons (Fsp3) is 0.0833. The summed E-state index contributed by atoms with van der Waals surface area (Å²) < 4.78 is 57.8. The zero-order valence-electron chi connectivity index (χ0n) is 18.2. The summed E-state index contributed by atoms with van der Waals surface area (Å²) in [7, 11) is 0. The molecule has 1 amide bonds. The molecule has 182 valence electrons. The smallest absolute Gasteiger partial charge is 0.321 e. The van der Waals surface area contributed by atoms with Gasteiger partial charge in [-0.2, -0.15) is 23.4 Å². The minimum absolute atomic E-state index is 0.0281. The number of aromatic nitrogens is 5. The van der Waals surface area contributed by atoms with Gasteiger partial charge in [0.15, 0.2) is 17.0 Å². The molecule has 0 saturated carbocycles. The molecule has 0 aliphatic rings. The molecule has 3 aromatic heterocycles. The number of nitrogens with zero attached hydrogens (tertiary/aromatic N) is 5. The molecule has 1 N–H and O–H groups in total. The molecule has 0 aliphatic carbocycles. The molecule has 0 bridgehead atoms. The SMILES string of the molecule is O=C(Nc1cccc(Cn2cc(Br)cn2)c1)c1cc2nc(-c3ccc(F)cc3)cc(C(F)(F)F)n2n1. The van der Waals surface area contributed by atoms with E-state index in [1.807, 2.05) is 6.07 Å². The van der Waals surface area contributed by atoms with Crippen molar-refractivity contribution in [2.24, 2.45) is 0 Å². The predicted molar refractivity (Wildman–Crippen MR) is 127 cm³/mol. The summed E-state index contributed by atoms with van der Waals surface area (Å²) in [6, 6.07) is 13.9. The van der Waals surface area contributed by atoms with Crippen molar-refractivity contribution in [3.8, 4) is 11.3 Å². The Morgan fingerprint density at radius 1 is 1.06 bits per heavy atom. The molecular weight excluding hydrogens is 544 g/mol. The van der Waals surface area contributed by atoms with Crippen LogP contribution in [-0.2, 0) is 12.7 Å². The molecule has 5 rings (SSSR count). The van der Waals surface area contributed by atoms with E-state index in [4.69, 9.17) is 0 Å². The van der Waals surface area contributed by atoms with Gasteiger partial charge in [0.25, 0.3) is 5.91 Å². The third kappa shape index (κ3) is 4.98. The van der Waals surface area contributed by atoms with Gasteiger partial charge in [0.05, 0.1) is 22.9 Å². The highest BCUT2D eigenvalue weighted by Crippen LogP contribution is 2.32. The van der Waals surface area contributed by atoms with Crippen molar-refractivity contribution in [1.82, 2.24) is 24.4 Å². The highest BCUT2D eigenvalue weighted by Gasteiger charge is 2.35. The lowest BCUT2D eigenvalue weighted by Gasteiger charge is -2.11. The lowest BCUT2D eigenvalue weighted by atomic mass is 10.1. The molecule has 0 radical (unpaired) electrons. The van der Waals surface area contributed by atoms with Crippen LogP contribution < -0.4 is 5.32 Å². The average Bonchev–Trinajstić information content (AvgIpc) is 3.44. The third-order valence-electron chi connectivity index (χ3n) is 5.22. The Labute approximate surface area is 209 Å². The van der Waals surface area contributed by atoms with E-state index in [9.17, 15) is 22.4 Å². The molecule has 2 aromatic carbocycles. The lowest BCUT2D eigenvalue weighted by Crippen LogP contribution is -2.16. The van der Waals surface area contributed by atoms with Gasteiger partial charge < -0.3 is 5.32 Å². The summed E-state index contributed by atoms with van der Waals surface area (Å²) in [6.45, 7) is 0.453. The van der Waals surface area contributed by atoms with Crippen LogP contribution in [0.4, 0.5) is 23.2 Å². The number of carbonyl (C=O) groups is 1. The average molecular weight is 559 g/mol. The monoisotopic (exact) mass is 558 g/mol. The maximum absolute atomic E-state index is 13.8. The number of halogens is 5. The number of hydrogen-bond donors (Lipinski definition) is 1. The Hall–Kier alpha value is -4.06. The van der Waals surface area contributed by atoms with Gasteiger partial charge in [-0.3, -0.25) is 9.48 Å².